The number of benzene rings is 9. The smallest absolute Gasteiger partial charge is 0.178 e. The van der Waals surface area contributed by atoms with E-state index in [-0.39, 0.29) is 0 Å². The van der Waals surface area contributed by atoms with E-state index in [9.17, 15) is 0 Å². The fourth-order valence-electron chi connectivity index (χ4n) is 9.77. The number of hydrogen-bond donors (Lipinski definition) is 0. The van der Waals surface area contributed by atoms with Crippen LogP contribution in [0.2, 0.25) is 0 Å². The Balaban J connectivity index is 0.849. The minimum Gasteiger partial charge on any atom is -0.449 e. The molecule has 0 atom stereocenters. The molecule has 5 nitrogen and oxygen atoms in total. The monoisotopic (exact) mass is 837 g/mol. The number of thiophene rings is 1. The van der Waals surface area contributed by atoms with Crippen molar-refractivity contribution < 1.29 is 9.47 Å². The molecule has 1 aliphatic heterocycles. The zero-order valence-corrected chi connectivity index (χ0v) is 35.1. The summed E-state index contributed by atoms with van der Waals surface area (Å²) in [7, 11) is 0. The second-order valence-corrected chi connectivity index (χ2v) is 17.4. The van der Waals surface area contributed by atoms with E-state index in [1.54, 1.807) is 11.3 Å². The van der Waals surface area contributed by atoms with Gasteiger partial charge in [0.15, 0.2) is 40.5 Å². The molecular weight excluding hydrogens is 803 g/mol. The summed E-state index contributed by atoms with van der Waals surface area (Å²) < 4.78 is 16.1. The molecule has 0 unspecified atom stereocenters. The first kappa shape index (κ1) is 36.5. The molecule has 2 aromatic heterocycles. The van der Waals surface area contributed by atoms with Crippen LogP contribution in [0.5, 0.6) is 23.0 Å². The maximum Gasteiger partial charge on any atom is 0.178 e. The van der Waals surface area contributed by atoms with E-state index in [1.165, 1.54) is 42.4 Å². The number of rotatable bonds is 6. The third-order valence-corrected chi connectivity index (χ3v) is 13.8. The molecule has 9 aromatic carbocycles. The second-order valence-electron chi connectivity index (χ2n) is 16.3. The number of nitrogens with zero attached hydrogens (tertiary/aromatic N) is 3. The van der Waals surface area contributed by atoms with E-state index >= 15 is 0 Å². The molecule has 64 heavy (non-hydrogen) atoms. The fraction of sp³-hybridized carbons (Fsp3) is 0.0172. The summed E-state index contributed by atoms with van der Waals surface area (Å²) in [5.74, 6) is 4.66. The van der Waals surface area contributed by atoms with Crippen LogP contribution in [0.1, 0.15) is 22.3 Å². The molecule has 0 radical (unpaired) electrons. The van der Waals surface area contributed by atoms with Crippen LogP contribution < -0.4 is 9.47 Å². The first-order valence-electron chi connectivity index (χ1n) is 21.4. The number of fused-ring (bicyclic) bond motifs is 9. The quantitative estimate of drug-likeness (QED) is 0.167. The molecule has 3 heterocycles. The highest BCUT2D eigenvalue weighted by atomic mass is 32.1. The lowest BCUT2D eigenvalue weighted by atomic mass is 9.68. The Kier molecular flexibility index (Phi) is 8.23. The van der Waals surface area contributed by atoms with Gasteiger partial charge in [-0.2, -0.15) is 0 Å². The van der Waals surface area contributed by atoms with Crippen molar-refractivity contribution in [2.45, 2.75) is 5.41 Å². The van der Waals surface area contributed by atoms with Crippen LogP contribution in [-0.2, 0) is 5.41 Å². The van der Waals surface area contributed by atoms with Gasteiger partial charge in [-0.05, 0) is 69.3 Å². The topological polar surface area (TPSA) is 57.1 Å². The summed E-state index contributed by atoms with van der Waals surface area (Å²) >= 11 is 1.79. The molecule has 0 fully saturated rings. The Morgan fingerprint density at radius 1 is 0.359 bits per heavy atom. The summed E-state index contributed by atoms with van der Waals surface area (Å²) in [4.78, 5) is 15.1. The third kappa shape index (κ3) is 5.66. The molecule has 6 heteroatoms. The summed E-state index contributed by atoms with van der Waals surface area (Å²) in [6.07, 6.45) is 0. The summed E-state index contributed by atoms with van der Waals surface area (Å²) in [5, 5.41) is 2.51. The zero-order chi connectivity index (χ0) is 42.2. The van der Waals surface area contributed by atoms with Crippen molar-refractivity contribution in [2.75, 3.05) is 0 Å². The van der Waals surface area contributed by atoms with Crippen molar-refractivity contribution in [3.8, 4) is 79.4 Å². The Hall–Kier alpha value is -8.19. The molecule has 1 aliphatic carbocycles. The first-order valence-corrected chi connectivity index (χ1v) is 22.2. The maximum absolute atomic E-state index is 6.90. The number of ether oxygens (including phenoxy) is 2. The molecule has 0 bridgehead atoms. The van der Waals surface area contributed by atoms with Crippen molar-refractivity contribution in [3.63, 3.8) is 0 Å². The van der Waals surface area contributed by atoms with Crippen LogP contribution in [0.15, 0.2) is 212 Å². The van der Waals surface area contributed by atoms with Crippen molar-refractivity contribution in [1.29, 1.82) is 0 Å². The van der Waals surface area contributed by atoms with Crippen LogP contribution in [0.3, 0.4) is 0 Å². The van der Waals surface area contributed by atoms with E-state index in [0.717, 1.165) is 44.7 Å². The Morgan fingerprint density at radius 3 is 1.67 bits per heavy atom. The standard InChI is InChI=1S/C58H35N3O2S/c1-4-14-37(15-5-1)55-59-56(61-57(60-55)40-28-30-44-43-20-11-13-23-51(43)64-52(44)35-40)38-26-24-36(25-27-38)39-29-32-48-50(34-39)62-49-33-31-47-53(54(49)63-48)45-21-10-12-22-46(45)58(47,41-16-6-2-7-17-41)42-18-8-3-9-19-42/h1-35H. The van der Waals surface area contributed by atoms with Crippen molar-refractivity contribution in [3.05, 3.63) is 235 Å². The highest BCUT2D eigenvalue weighted by Gasteiger charge is 2.48. The van der Waals surface area contributed by atoms with E-state index in [2.05, 4.69) is 176 Å². The number of aromatic nitrogens is 3. The molecule has 0 N–H and O–H groups in total. The molecule has 11 aromatic rings. The van der Waals surface area contributed by atoms with E-state index < -0.39 is 5.41 Å². The Bertz CT molecular complexity index is 3570. The highest BCUT2D eigenvalue weighted by Crippen LogP contribution is 2.62. The summed E-state index contributed by atoms with van der Waals surface area (Å²) in [6.45, 7) is 0. The van der Waals surface area contributed by atoms with Crippen molar-refractivity contribution in [1.82, 2.24) is 15.0 Å². The lowest BCUT2D eigenvalue weighted by molar-refractivity contribution is 0.360. The van der Waals surface area contributed by atoms with Gasteiger partial charge in [-0.1, -0.05) is 182 Å². The molecule has 0 saturated heterocycles. The van der Waals surface area contributed by atoms with Gasteiger partial charge >= 0.3 is 0 Å². The van der Waals surface area contributed by atoms with Crippen molar-refractivity contribution in [2.24, 2.45) is 0 Å². The number of hydrogen-bond acceptors (Lipinski definition) is 6. The molecule has 13 rings (SSSR count). The molecule has 0 saturated carbocycles. The Morgan fingerprint density at radius 2 is 0.922 bits per heavy atom. The predicted molar refractivity (Wildman–Crippen MR) is 258 cm³/mol. The molecular formula is C58H35N3O2S. The molecule has 0 amide bonds. The van der Waals surface area contributed by atoms with E-state index in [4.69, 9.17) is 24.4 Å². The highest BCUT2D eigenvalue weighted by molar-refractivity contribution is 7.25. The molecule has 300 valence electrons. The van der Waals surface area contributed by atoms with Crippen LogP contribution in [0.4, 0.5) is 0 Å². The van der Waals surface area contributed by atoms with Crippen LogP contribution in [0, 0.1) is 0 Å². The lowest BCUT2D eigenvalue weighted by Gasteiger charge is -2.34. The zero-order valence-electron chi connectivity index (χ0n) is 34.3. The van der Waals surface area contributed by atoms with E-state index in [0.29, 0.717) is 34.7 Å². The fourth-order valence-corrected chi connectivity index (χ4v) is 10.9. The van der Waals surface area contributed by atoms with Gasteiger partial charge in [0.1, 0.15) is 0 Å². The summed E-state index contributed by atoms with van der Waals surface area (Å²) in [6, 6.07) is 74.3. The van der Waals surface area contributed by atoms with Crippen molar-refractivity contribution >= 4 is 31.5 Å². The van der Waals surface area contributed by atoms with Gasteiger partial charge in [0, 0.05) is 42.4 Å². The van der Waals surface area contributed by atoms with Gasteiger partial charge in [0.25, 0.3) is 0 Å². The normalized spacial score (nSPS) is 13.1. The average molecular weight is 838 g/mol. The minimum atomic E-state index is -0.525. The van der Waals surface area contributed by atoms with Crippen LogP contribution in [-0.4, -0.2) is 15.0 Å². The predicted octanol–water partition coefficient (Wildman–Crippen LogP) is 15.2. The molecule has 2 aliphatic rings. The van der Waals surface area contributed by atoms with Gasteiger partial charge in [-0.25, -0.2) is 15.0 Å². The van der Waals surface area contributed by atoms with E-state index in [1.807, 2.05) is 36.4 Å². The maximum atomic E-state index is 6.90. The SMILES string of the molecule is c1ccc(-c2nc(-c3ccc(-c4ccc5c(c4)Oc4ccc6c(c4O5)-c4ccccc4C6(c4ccccc4)c4ccccc4)cc3)nc(-c3ccc4c(c3)sc3ccccc34)n2)cc1. The second kappa shape index (κ2) is 14.4. The Labute approximate surface area is 373 Å². The van der Waals surface area contributed by atoms with Gasteiger partial charge in [-0.15, -0.1) is 11.3 Å². The molecule has 0 spiro atoms. The largest absolute Gasteiger partial charge is 0.449 e. The van der Waals surface area contributed by atoms with Crippen LogP contribution in [0.25, 0.3) is 76.6 Å². The first-order chi connectivity index (χ1) is 31.7. The van der Waals surface area contributed by atoms with Gasteiger partial charge in [0.05, 0.1) is 5.41 Å². The van der Waals surface area contributed by atoms with Gasteiger partial charge in [0.2, 0.25) is 0 Å². The summed E-state index contributed by atoms with van der Waals surface area (Å²) in [5.41, 5.74) is 11.3. The van der Waals surface area contributed by atoms with Gasteiger partial charge < -0.3 is 9.47 Å². The lowest BCUT2D eigenvalue weighted by Crippen LogP contribution is -2.28. The van der Waals surface area contributed by atoms with Crippen LogP contribution >= 0.6 is 11.3 Å². The van der Waals surface area contributed by atoms with Gasteiger partial charge in [-0.3, -0.25) is 0 Å². The third-order valence-electron chi connectivity index (χ3n) is 12.7. The average Bonchev–Trinajstić information content (AvgIpc) is 3.90. The minimum absolute atomic E-state index is 0.525.